The first-order valence-corrected chi connectivity index (χ1v) is 9.49. The van der Waals surface area contributed by atoms with Gasteiger partial charge in [-0.15, -0.1) is 0 Å². The van der Waals surface area contributed by atoms with Crippen LogP contribution in [0.3, 0.4) is 0 Å². The molecule has 5 nitrogen and oxygen atoms in total. The largest absolute Gasteiger partial charge is 0.491 e. The highest BCUT2D eigenvalue weighted by Crippen LogP contribution is 2.24. The van der Waals surface area contributed by atoms with E-state index in [1.54, 1.807) is 24.3 Å². The third-order valence-corrected chi connectivity index (χ3v) is 4.36. The molecule has 3 aromatic rings. The van der Waals surface area contributed by atoms with E-state index < -0.39 is 5.97 Å². The highest BCUT2D eigenvalue weighted by molar-refractivity contribution is 5.91. The maximum atomic E-state index is 12.9. The van der Waals surface area contributed by atoms with E-state index in [2.05, 4.69) is 0 Å². The number of carbonyl (C=O) groups is 1. The predicted octanol–water partition coefficient (Wildman–Crippen LogP) is 5.39. The van der Waals surface area contributed by atoms with Crippen LogP contribution >= 0.6 is 0 Å². The summed E-state index contributed by atoms with van der Waals surface area (Å²) in [4.78, 5) is 23.4. The number of carboxylic acid groups (broad SMARTS) is 1. The van der Waals surface area contributed by atoms with Crippen molar-refractivity contribution < 1.29 is 19.1 Å². The second-order valence-electron chi connectivity index (χ2n) is 7.05. The fourth-order valence-electron chi connectivity index (χ4n) is 3.06. The Morgan fingerprint density at radius 3 is 2.68 bits per heavy atom. The number of hydrogen-bond acceptors (Lipinski definition) is 4. The third-order valence-electron chi connectivity index (χ3n) is 4.36. The number of carboxylic acids is 1. The van der Waals surface area contributed by atoms with Crippen molar-refractivity contribution in [1.82, 2.24) is 0 Å². The molecule has 0 atom stereocenters. The number of hydrogen-bond donors (Lipinski definition) is 1. The third kappa shape index (κ3) is 4.80. The van der Waals surface area contributed by atoms with Crippen molar-refractivity contribution >= 4 is 34.0 Å². The molecule has 1 N–H and O–H groups in total. The van der Waals surface area contributed by atoms with Crippen molar-refractivity contribution in [3.8, 4) is 5.75 Å². The van der Waals surface area contributed by atoms with Gasteiger partial charge in [0, 0.05) is 12.5 Å². The lowest BCUT2D eigenvalue weighted by Gasteiger charge is -2.10. The molecule has 0 amide bonds. The van der Waals surface area contributed by atoms with Crippen molar-refractivity contribution in [2.24, 2.45) is 0 Å². The molecule has 0 saturated carbocycles. The van der Waals surface area contributed by atoms with Gasteiger partial charge in [-0.3, -0.25) is 9.59 Å². The maximum Gasteiger partial charge on any atom is 0.303 e. The molecule has 1 aromatic heterocycles. The molecule has 0 aliphatic heterocycles. The van der Waals surface area contributed by atoms with Crippen molar-refractivity contribution in [2.75, 3.05) is 0 Å². The van der Waals surface area contributed by atoms with Gasteiger partial charge in [0.2, 0.25) is 5.43 Å². The fourth-order valence-corrected chi connectivity index (χ4v) is 3.06. The minimum absolute atomic E-state index is 0.0445. The van der Waals surface area contributed by atoms with E-state index in [0.29, 0.717) is 34.1 Å². The molecule has 5 heteroatoms. The molecule has 0 radical (unpaired) electrons. The van der Waals surface area contributed by atoms with Crippen molar-refractivity contribution in [1.29, 1.82) is 0 Å². The molecule has 146 valence electrons. The van der Waals surface area contributed by atoms with Crippen LogP contribution in [0.5, 0.6) is 5.75 Å². The summed E-state index contributed by atoms with van der Waals surface area (Å²) in [5, 5.41) is 9.71. The summed E-state index contributed by atoms with van der Waals surface area (Å²) in [7, 11) is 0. The van der Waals surface area contributed by atoms with E-state index in [1.165, 1.54) is 0 Å². The summed E-state index contributed by atoms with van der Waals surface area (Å²) in [6.07, 6.45) is 6.48. The standard InChI is InChI=1S/C23H24O5/c1-15(2)27-17-10-11-18-21(14-17)28-20-12-9-16(13-19(20)23(18)26)7-5-3-4-6-8-22(24)25/h5,7,9-15H,3-4,6,8H2,1-2H3,(H,24,25)/b7-5+. The molecular formula is C23H24O5. The van der Waals surface area contributed by atoms with Crippen LogP contribution in [0.25, 0.3) is 28.0 Å². The molecule has 0 aliphatic carbocycles. The van der Waals surface area contributed by atoms with Gasteiger partial charge in [-0.05, 0) is 62.9 Å². The Morgan fingerprint density at radius 2 is 1.93 bits per heavy atom. The average molecular weight is 380 g/mol. The quantitative estimate of drug-likeness (QED) is 0.419. The Morgan fingerprint density at radius 1 is 1.11 bits per heavy atom. The number of fused-ring (bicyclic) bond motifs is 2. The van der Waals surface area contributed by atoms with E-state index in [-0.39, 0.29) is 18.0 Å². The summed E-state index contributed by atoms with van der Waals surface area (Å²) in [5.74, 6) is -0.0900. The number of unbranched alkanes of at least 4 members (excludes halogenated alkanes) is 2. The smallest absolute Gasteiger partial charge is 0.303 e. The first-order chi connectivity index (χ1) is 13.4. The molecule has 0 saturated heterocycles. The van der Waals surface area contributed by atoms with E-state index in [0.717, 1.165) is 18.4 Å². The van der Waals surface area contributed by atoms with Crippen molar-refractivity contribution in [3.63, 3.8) is 0 Å². The number of allylic oxidation sites excluding steroid dienone is 1. The van der Waals surface area contributed by atoms with E-state index >= 15 is 0 Å². The molecule has 0 fully saturated rings. The summed E-state index contributed by atoms with van der Waals surface area (Å²) in [5.41, 5.74) is 1.90. The van der Waals surface area contributed by atoms with Crippen LogP contribution in [0.2, 0.25) is 0 Å². The van der Waals surface area contributed by atoms with Crippen LogP contribution in [0.15, 0.2) is 51.7 Å². The second-order valence-corrected chi connectivity index (χ2v) is 7.05. The number of benzene rings is 2. The highest BCUT2D eigenvalue weighted by atomic mass is 16.5. The van der Waals surface area contributed by atoms with Gasteiger partial charge >= 0.3 is 5.97 Å². The van der Waals surface area contributed by atoms with Crippen molar-refractivity contribution in [3.05, 3.63) is 58.3 Å². The minimum atomic E-state index is -0.764. The van der Waals surface area contributed by atoms with Gasteiger partial charge in [-0.2, -0.15) is 0 Å². The van der Waals surface area contributed by atoms with Crippen LogP contribution in [-0.2, 0) is 4.79 Å². The number of rotatable bonds is 8. The van der Waals surface area contributed by atoms with Gasteiger partial charge < -0.3 is 14.3 Å². The van der Waals surface area contributed by atoms with Gasteiger partial charge in [0.1, 0.15) is 16.9 Å². The van der Waals surface area contributed by atoms with Crippen LogP contribution in [0.1, 0.15) is 45.1 Å². The molecule has 1 heterocycles. The minimum Gasteiger partial charge on any atom is -0.491 e. The average Bonchev–Trinajstić information content (AvgIpc) is 2.64. The van der Waals surface area contributed by atoms with Gasteiger partial charge in [-0.25, -0.2) is 0 Å². The van der Waals surface area contributed by atoms with Gasteiger partial charge in [0.05, 0.1) is 16.9 Å². The zero-order chi connectivity index (χ0) is 20.1. The zero-order valence-corrected chi connectivity index (χ0v) is 16.1. The molecule has 0 spiro atoms. The molecule has 2 aromatic carbocycles. The van der Waals surface area contributed by atoms with Gasteiger partial charge in [-0.1, -0.05) is 18.2 Å². The zero-order valence-electron chi connectivity index (χ0n) is 16.1. The molecular weight excluding hydrogens is 356 g/mol. The Labute approximate surface area is 163 Å². The molecule has 0 unspecified atom stereocenters. The fraction of sp³-hybridized carbons (Fsp3) is 0.304. The number of aliphatic carboxylic acids is 1. The lowest BCUT2D eigenvalue weighted by molar-refractivity contribution is -0.137. The predicted molar refractivity (Wildman–Crippen MR) is 111 cm³/mol. The van der Waals surface area contributed by atoms with Crippen LogP contribution in [0, 0.1) is 0 Å². The molecule has 0 bridgehead atoms. The maximum absolute atomic E-state index is 12.9. The second kappa shape index (κ2) is 8.74. The van der Waals surface area contributed by atoms with Crippen LogP contribution in [0.4, 0.5) is 0 Å². The lowest BCUT2D eigenvalue weighted by Crippen LogP contribution is -2.06. The molecule has 28 heavy (non-hydrogen) atoms. The topological polar surface area (TPSA) is 76.7 Å². The number of ether oxygens (including phenoxy) is 1. The summed E-state index contributed by atoms with van der Waals surface area (Å²) < 4.78 is 11.6. The Hall–Kier alpha value is -3.08. The SMILES string of the molecule is CC(C)Oc1ccc2c(=O)c3cc(/C=C/CCCCC(=O)O)ccc3oc2c1. The first kappa shape index (κ1) is 19.7. The van der Waals surface area contributed by atoms with Crippen molar-refractivity contribution in [2.45, 2.75) is 45.6 Å². The Kier molecular flexibility index (Phi) is 6.14. The summed E-state index contributed by atoms with van der Waals surface area (Å²) in [6, 6.07) is 10.8. The Balaban J connectivity index is 1.83. The van der Waals surface area contributed by atoms with Crippen LogP contribution in [-0.4, -0.2) is 17.2 Å². The molecule has 0 aliphatic rings. The van der Waals surface area contributed by atoms with Crippen LogP contribution < -0.4 is 10.2 Å². The summed E-state index contributed by atoms with van der Waals surface area (Å²) >= 11 is 0. The Bertz CT molecular complexity index is 1080. The first-order valence-electron chi connectivity index (χ1n) is 9.49. The summed E-state index contributed by atoms with van der Waals surface area (Å²) in [6.45, 7) is 3.89. The van der Waals surface area contributed by atoms with Gasteiger partial charge in [0.25, 0.3) is 0 Å². The van der Waals surface area contributed by atoms with E-state index in [1.807, 2.05) is 38.1 Å². The molecule has 3 rings (SSSR count). The highest BCUT2D eigenvalue weighted by Gasteiger charge is 2.09. The normalized spacial score (nSPS) is 11.7. The van der Waals surface area contributed by atoms with E-state index in [9.17, 15) is 9.59 Å². The van der Waals surface area contributed by atoms with Gasteiger partial charge in [0.15, 0.2) is 0 Å². The lowest BCUT2D eigenvalue weighted by atomic mass is 10.1. The van der Waals surface area contributed by atoms with E-state index in [4.69, 9.17) is 14.3 Å². The monoisotopic (exact) mass is 380 g/mol.